The van der Waals surface area contributed by atoms with Crippen molar-refractivity contribution in [2.24, 2.45) is 0 Å². The molecule has 1 aromatic heterocycles. The van der Waals surface area contributed by atoms with Gasteiger partial charge in [-0.3, -0.25) is 9.36 Å². The summed E-state index contributed by atoms with van der Waals surface area (Å²) in [5.41, 5.74) is 5.11. The maximum absolute atomic E-state index is 12.7. The summed E-state index contributed by atoms with van der Waals surface area (Å²) in [6, 6.07) is 9.99. The Hall–Kier alpha value is -3.00. The Labute approximate surface area is 186 Å². The van der Waals surface area contributed by atoms with Crippen LogP contribution in [0.15, 0.2) is 41.8 Å². The Morgan fingerprint density at radius 3 is 2.90 bits per heavy atom. The van der Waals surface area contributed by atoms with Gasteiger partial charge in [0, 0.05) is 23.7 Å². The van der Waals surface area contributed by atoms with Crippen LogP contribution in [-0.2, 0) is 11.2 Å². The number of nitrogens with zero attached hydrogens (tertiary/aromatic N) is 3. The lowest BCUT2D eigenvalue weighted by Crippen LogP contribution is -2.15. The van der Waals surface area contributed by atoms with Gasteiger partial charge in [-0.1, -0.05) is 17.8 Å². The fraction of sp³-hybridized carbons (Fsp3) is 0.348. The zero-order valence-corrected chi connectivity index (χ0v) is 19.0. The summed E-state index contributed by atoms with van der Waals surface area (Å²) in [5.74, 6) is 1.51. The predicted molar refractivity (Wildman–Crippen MR) is 122 cm³/mol. The Morgan fingerprint density at radius 2 is 2.13 bits per heavy atom. The van der Waals surface area contributed by atoms with E-state index in [0.29, 0.717) is 23.2 Å². The Balaban J connectivity index is 1.46. The summed E-state index contributed by atoms with van der Waals surface area (Å²) >= 11 is 1.34. The van der Waals surface area contributed by atoms with Gasteiger partial charge in [0.2, 0.25) is 5.91 Å². The summed E-state index contributed by atoms with van der Waals surface area (Å²) in [4.78, 5) is 12.7. The molecule has 1 atom stereocenters. The third-order valence-electron chi connectivity index (χ3n) is 5.19. The number of aromatic nitrogens is 3. The van der Waals surface area contributed by atoms with E-state index in [4.69, 9.17) is 9.47 Å². The normalized spacial score (nSPS) is 14.8. The largest absolute Gasteiger partial charge is 0.492 e. The zero-order chi connectivity index (χ0) is 22.0. The number of nitrogens with one attached hydrogen (secondary N) is 1. The number of anilines is 1. The second kappa shape index (κ2) is 9.01. The number of ether oxygens (including phenoxy) is 2. The SMILES string of the molecule is CCOc1cc2c(cc1NC(=O)CSc1nncn1-c1ccc(C)c(C)c1)O[C@@H](C)C2. The molecule has 0 unspecified atom stereocenters. The molecule has 8 heteroatoms. The van der Waals surface area contributed by atoms with Gasteiger partial charge in [0.25, 0.3) is 0 Å². The molecule has 3 aromatic rings. The first-order valence-corrected chi connectivity index (χ1v) is 11.3. The number of thioether (sulfide) groups is 1. The van der Waals surface area contributed by atoms with E-state index in [1.165, 1.54) is 22.9 Å². The molecule has 0 fully saturated rings. The van der Waals surface area contributed by atoms with Crippen molar-refractivity contribution < 1.29 is 14.3 Å². The highest BCUT2D eigenvalue weighted by atomic mass is 32.2. The molecule has 0 saturated carbocycles. The highest BCUT2D eigenvalue weighted by molar-refractivity contribution is 7.99. The van der Waals surface area contributed by atoms with Gasteiger partial charge in [-0.25, -0.2) is 0 Å². The quantitative estimate of drug-likeness (QED) is 0.553. The number of hydrogen-bond acceptors (Lipinski definition) is 6. The summed E-state index contributed by atoms with van der Waals surface area (Å²) in [7, 11) is 0. The van der Waals surface area contributed by atoms with Crippen molar-refractivity contribution in [1.82, 2.24) is 14.8 Å². The van der Waals surface area contributed by atoms with Crippen LogP contribution < -0.4 is 14.8 Å². The number of aryl methyl sites for hydroxylation is 2. The van der Waals surface area contributed by atoms with Crippen LogP contribution in [0.2, 0.25) is 0 Å². The zero-order valence-electron chi connectivity index (χ0n) is 18.1. The molecule has 0 spiro atoms. The van der Waals surface area contributed by atoms with Crippen LogP contribution >= 0.6 is 11.8 Å². The van der Waals surface area contributed by atoms with Gasteiger partial charge in [0.05, 0.1) is 18.0 Å². The second-order valence-corrected chi connectivity index (χ2v) is 8.55. The predicted octanol–water partition coefficient (Wildman–Crippen LogP) is 4.34. The standard InChI is InChI=1S/C23H26N4O3S/c1-5-29-21-10-17-9-16(4)30-20(17)11-19(21)25-22(28)12-31-23-26-24-13-27(23)18-7-6-14(2)15(3)8-18/h6-8,10-11,13,16H,5,9,12H2,1-4H3,(H,25,28)/t16-/m0/s1. The minimum absolute atomic E-state index is 0.128. The van der Waals surface area contributed by atoms with Crippen LogP contribution in [0.4, 0.5) is 5.69 Å². The topological polar surface area (TPSA) is 78.3 Å². The van der Waals surface area contributed by atoms with Crippen LogP contribution in [0.1, 0.15) is 30.5 Å². The van der Waals surface area contributed by atoms with Gasteiger partial charge < -0.3 is 14.8 Å². The molecule has 1 aliphatic heterocycles. The van der Waals surface area contributed by atoms with Gasteiger partial charge in [-0.15, -0.1) is 10.2 Å². The number of carbonyl (C=O) groups excluding carboxylic acids is 1. The number of amides is 1. The minimum atomic E-state index is -0.147. The van der Waals surface area contributed by atoms with Crippen molar-refractivity contribution in [3.8, 4) is 17.2 Å². The van der Waals surface area contributed by atoms with Crippen molar-refractivity contribution in [1.29, 1.82) is 0 Å². The van der Waals surface area contributed by atoms with Gasteiger partial charge in [0.15, 0.2) is 5.16 Å². The first-order valence-electron chi connectivity index (χ1n) is 10.3. The summed E-state index contributed by atoms with van der Waals surface area (Å²) < 4.78 is 13.5. The first kappa shape index (κ1) is 21.2. The third kappa shape index (κ3) is 4.69. The maximum atomic E-state index is 12.7. The lowest BCUT2D eigenvalue weighted by Gasteiger charge is -2.13. The van der Waals surface area contributed by atoms with Crippen molar-refractivity contribution in [2.75, 3.05) is 17.7 Å². The summed E-state index contributed by atoms with van der Waals surface area (Å²) in [6.45, 7) is 8.62. The smallest absolute Gasteiger partial charge is 0.234 e. The molecule has 0 radical (unpaired) electrons. The molecular weight excluding hydrogens is 412 g/mol. The van der Waals surface area contributed by atoms with Crippen LogP contribution in [0, 0.1) is 13.8 Å². The molecule has 1 N–H and O–H groups in total. The molecule has 0 aliphatic carbocycles. The van der Waals surface area contributed by atoms with Crippen molar-refractivity contribution in [2.45, 2.75) is 45.4 Å². The number of benzene rings is 2. The summed E-state index contributed by atoms with van der Waals surface area (Å²) in [5, 5.41) is 11.8. The molecule has 1 aliphatic rings. The van der Waals surface area contributed by atoms with Gasteiger partial charge in [0.1, 0.15) is 23.9 Å². The first-order chi connectivity index (χ1) is 14.9. The highest BCUT2D eigenvalue weighted by Crippen LogP contribution is 2.38. The molecule has 2 heterocycles. The molecule has 162 valence electrons. The van der Waals surface area contributed by atoms with Crippen LogP contribution in [0.3, 0.4) is 0 Å². The fourth-order valence-corrected chi connectivity index (χ4v) is 4.23. The highest BCUT2D eigenvalue weighted by Gasteiger charge is 2.23. The molecule has 0 bridgehead atoms. The van der Waals surface area contributed by atoms with Crippen molar-refractivity contribution >= 4 is 23.4 Å². The Morgan fingerprint density at radius 1 is 1.29 bits per heavy atom. The van der Waals surface area contributed by atoms with Crippen LogP contribution in [0.5, 0.6) is 11.5 Å². The lowest BCUT2D eigenvalue weighted by atomic mass is 10.1. The van der Waals surface area contributed by atoms with E-state index in [-0.39, 0.29) is 17.8 Å². The fourth-order valence-electron chi connectivity index (χ4n) is 3.50. The van der Waals surface area contributed by atoms with E-state index >= 15 is 0 Å². The van der Waals surface area contributed by atoms with E-state index in [1.807, 2.05) is 36.6 Å². The average molecular weight is 439 g/mol. The van der Waals surface area contributed by atoms with E-state index < -0.39 is 0 Å². The van der Waals surface area contributed by atoms with Gasteiger partial charge in [-0.2, -0.15) is 0 Å². The van der Waals surface area contributed by atoms with E-state index in [9.17, 15) is 4.79 Å². The van der Waals surface area contributed by atoms with Gasteiger partial charge >= 0.3 is 0 Å². The number of carbonyl (C=O) groups is 1. The molecule has 4 rings (SSSR count). The number of fused-ring (bicyclic) bond motifs is 1. The number of hydrogen-bond donors (Lipinski definition) is 1. The van der Waals surface area contributed by atoms with Crippen LogP contribution in [-0.4, -0.2) is 39.1 Å². The van der Waals surface area contributed by atoms with E-state index in [0.717, 1.165) is 23.4 Å². The molecule has 7 nitrogen and oxygen atoms in total. The Kier molecular flexibility index (Phi) is 6.18. The number of rotatable bonds is 7. The Bertz CT molecular complexity index is 1110. The lowest BCUT2D eigenvalue weighted by molar-refractivity contribution is -0.113. The molecule has 31 heavy (non-hydrogen) atoms. The van der Waals surface area contributed by atoms with Crippen LogP contribution in [0.25, 0.3) is 5.69 Å². The van der Waals surface area contributed by atoms with Gasteiger partial charge in [-0.05, 0) is 57.0 Å². The molecule has 1 amide bonds. The third-order valence-corrected chi connectivity index (χ3v) is 6.13. The molecular formula is C23H26N4O3S. The van der Waals surface area contributed by atoms with Crippen molar-refractivity contribution in [3.63, 3.8) is 0 Å². The maximum Gasteiger partial charge on any atom is 0.234 e. The minimum Gasteiger partial charge on any atom is -0.492 e. The second-order valence-electron chi connectivity index (χ2n) is 7.61. The average Bonchev–Trinajstić information content (AvgIpc) is 3.34. The monoisotopic (exact) mass is 438 g/mol. The summed E-state index contributed by atoms with van der Waals surface area (Å²) in [6.07, 6.45) is 2.63. The molecule has 2 aromatic carbocycles. The molecule has 0 saturated heterocycles. The van der Waals surface area contributed by atoms with E-state index in [2.05, 4.69) is 41.5 Å². The van der Waals surface area contributed by atoms with E-state index in [1.54, 1.807) is 6.33 Å². The van der Waals surface area contributed by atoms with Crippen molar-refractivity contribution in [3.05, 3.63) is 53.3 Å².